The molecule has 1 unspecified atom stereocenters. The van der Waals surface area contributed by atoms with Gasteiger partial charge in [-0.3, -0.25) is 0 Å². The Bertz CT molecular complexity index is 187. The fourth-order valence-electron chi connectivity index (χ4n) is 3.35. The Morgan fingerprint density at radius 1 is 1.29 bits per heavy atom. The maximum Gasteiger partial charge on any atom is 0.0286 e. The molecule has 82 valence electrons. The summed E-state index contributed by atoms with van der Waals surface area (Å²) in [7, 11) is 2.20. The van der Waals surface area contributed by atoms with Gasteiger partial charge in [-0.05, 0) is 38.8 Å². The van der Waals surface area contributed by atoms with Gasteiger partial charge in [-0.25, -0.2) is 0 Å². The lowest BCUT2D eigenvalue weighted by Crippen LogP contribution is -2.53. The first-order valence-corrected chi connectivity index (χ1v) is 6.15. The molecular formula is C12H24N2. The summed E-state index contributed by atoms with van der Waals surface area (Å²) in [4.78, 5) is 2.40. The van der Waals surface area contributed by atoms with Crippen LogP contribution in [0.2, 0.25) is 0 Å². The first-order valence-electron chi connectivity index (χ1n) is 6.15. The average molecular weight is 196 g/mol. The Hall–Kier alpha value is -0.0800. The van der Waals surface area contributed by atoms with Crippen molar-refractivity contribution in [3.8, 4) is 0 Å². The first kappa shape index (κ1) is 10.4. The third kappa shape index (κ3) is 2.48. The second-order valence-electron chi connectivity index (χ2n) is 5.56. The predicted octanol–water partition coefficient (Wildman–Crippen LogP) is 1.99. The molecule has 0 aromatic heterocycles. The van der Waals surface area contributed by atoms with Crippen LogP contribution in [0.3, 0.4) is 0 Å². The number of hydrogen-bond acceptors (Lipinski definition) is 2. The summed E-state index contributed by atoms with van der Waals surface area (Å²) >= 11 is 0. The predicted molar refractivity (Wildman–Crippen MR) is 60.2 cm³/mol. The van der Waals surface area contributed by atoms with E-state index in [9.17, 15) is 0 Å². The lowest BCUT2D eigenvalue weighted by atomic mass is 9.81. The van der Waals surface area contributed by atoms with Crippen LogP contribution in [0.1, 0.15) is 44.9 Å². The van der Waals surface area contributed by atoms with E-state index in [-0.39, 0.29) is 5.54 Å². The lowest BCUT2D eigenvalue weighted by Gasteiger charge is -2.40. The summed E-state index contributed by atoms with van der Waals surface area (Å²) in [5, 5.41) is 0. The summed E-state index contributed by atoms with van der Waals surface area (Å²) in [6, 6.07) is 0. The van der Waals surface area contributed by atoms with E-state index >= 15 is 0 Å². The Morgan fingerprint density at radius 2 is 2.00 bits per heavy atom. The van der Waals surface area contributed by atoms with Gasteiger partial charge in [-0.15, -0.1) is 0 Å². The minimum Gasteiger partial charge on any atom is -0.324 e. The second-order valence-corrected chi connectivity index (χ2v) is 5.56. The highest BCUT2D eigenvalue weighted by molar-refractivity contribution is 4.93. The standard InChI is InChI=1S/C12H24N2/c1-14-8-4-7-12(13,10-14)9-11-5-2-3-6-11/h11H,2-10,13H2,1H3. The third-order valence-electron chi connectivity index (χ3n) is 3.97. The first-order chi connectivity index (χ1) is 6.68. The number of piperidine rings is 1. The zero-order chi connectivity index (χ0) is 10.0. The molecule has 2 rings (SSSR count). The molecule has 0 bridgehead atoms. The minimum absolute atomic E-state index is 0.141. The van der Waals surface area contributed by atoms with Crippen LogP contribution >= 0.6 is 0 Å². The van der Waals surface area contributed by atoms with Gasteiger partial charge >= 0.3 is 0 Å². The zero-order valence-electron chi connectivity index (χ0n) is 9.47. The molecule has 1 saturated carbocycles. The van der Waals surface area contributed by atoms with Gasteiger partial charge in [0.05, 0.1) is 0 Å². The fourth-order valence-corrected chi connectivity index (χ4v) is 3.35. The summed E-state index contributed by atoms with van der Waals surface area (Å²) in [6.45, 7) is 2.35. The molecule has 0 radical (unpaired) electrons. The molecule has 1 atom stereocenters. The molecule has 1 saturated heterocycles. The summed E-state index contributed by atoms with van der Waals surface area (Å²) < 4.78 is 0. The molecule has 14 heavy (non-hydrogen) atoms. The molecule has 1 aliphatic carbocycles. The highest BCUT2D eigenvalue weighted by atomic mass is 15.1. The molecule has 2 nitrogen and oxygen atoms in total. The van der Waals surface area contributed by atoms with E-state index in [0.717, 1.165) is 12.5 Å². The van der Waals surface area contributed by atoms with Gasteiger partial charge in [0.15, 0.2) is 0 Å². The highest BCUT2D eigenvalue weighted by Gasteiger charge is 2.33. The van der Waals surface area contributed by atoms with Crippen LogP contribution in [0, 0.1) is 5.92 Å². The Kier molecular flexibility index (Phi) is 3.13. The third-order valence-corrected chi connectivity index (χ3v) is 3.97. The second kappa shape index (κ2) is 4.19. The number of nitrogens with two attached hydrogens (primary N) is 1. The van der Waals surface area contributed by atoms with Crippen LogP contribution in [0.4, 0.5) is 0 Å². The summed E-state index contributed by atoms with van der Waals surface area (Å²) in [6.07, 6.45) is 9.56. The van der Waals surface area contributed by atoms with Gasteiger partial charge in [-0.2, -0.15) is 0 Å². The smallest absolute Gasteiger partial charge is 0.0286 e. The van der Waals surface area contributed by atoms with Crippen molar-refractivity contribution in [2.24, 2.45) is 11.7 Å². The quantitative estimate of drug-likeness (QED) is 0.732. The lowest BCUT2D eigenvalue weighted by molar-refractivity contribution is 0.153. The Morgan fingerprint density at radius 3 is 2.64 bits per heavy atom. The molecule has 1 aliphatic heterocycles. The van der Waals surface area contributed by atoms with Gasteiger partial charge in [0, 0.05) is 12.1 Å². The van der Waals surface area contributed by atoms with E-state index in [4.69, 9.17) is 5.73 Å². The Labute approximate surface area is 87.8 Å². The fraction of sp³-hybridized carbons (Fsp3) is 1.00. The van der Waals surface area contributed by atoms with E-state index in [2.05, 4.69) is 11.9 Å². The van der Waals surface area contributed by atoms with E-state index in [0.29, 0.717) is 0 Å². The number of rotatable bonds is 2. The van der Waals surface area contributed by atoms with Gasteiger partial charge in [0.2, 0.25) is 0 Å². The monoisotopic (exact) mass is 196 g/mol. The number of hydrogen-bond donors (Lipinski definition) is 1. The van der Waals surface area contributed by atoms with E-state index in [1.165, 1.54) is 51.5 Å². The van der Waals surface area contributed by atoms with Crippen LogP contribution in [0.15, 0.2) is 0 Å². The molecule has 0 aromatic rings. The molecule has 0 spiro atoms. The molecule has 0 aromatic carbocycles. The molecular weight excluding hydrogens is 172 g/mol. The van der Waals surface area contributed by atoms with Crippen molar-refractivity contribution in [1.82, 2.24) is 4.90 Å². The van der Waals surface area contributed by atoms with Crippen LogP contribution < -0.4 is 5.73 Å². The summed E-state index contributed by atoms with van der Waals surface area (Å²) in [5.74, 6) is 0.937. The zero-order valence-corrected chi connectivity index (χ0v) is 9.47. The van der Waals surface area contributed by atoms with Crippen molar-refractivity contribution in [2.75, 3.05) is 20.1 Å². The minimum atomic E-state index is 0.141. The van der Waals surface area contributed by atoms with E-state index in [1.54, 1.807) is 0 Å². The van der Waals surface area contributed by atoms with Crippen molar-refractivity contribution in [2.45, 2.75) is 50.5 Å². The molecule has 2 heteroatoms. The van der Waals surface area contributed by atoms with E-state index < -0.39 is 0 Å². The maximum atomic E-state index is 6.49. The molecule has 2 aliphatic rings. The highest BCUT2D eigenvalue weighted by Crippen LogP contribution is 2.34. The van der Waals surface area contributed by atoms with Gasteiger partial charge < -0.3 is 10.6 Å². The number of likely N-dealkylation sites (N-methyl/N-ethyl adjacent to an activating group) is 1. The molecule has 0 amide bonds. The summed E-state index contributed by atoms with van der Waals surface area (Å²) in [5.41, 5.74) is 6.63. The van der Waals surface area contributed by atoms with E-state index in [1.807, 2.05) is 0 Å². The van der Waals surface area contributed by atoms with Crippen molar-refractivity contribution in [1.29, 1.82) is 0 Å². The van der Waals surface area contributed by atoms with Gasteiger partial charge in [-0.1, -0.05) is 25.7 Å². The van der Waals surface area contributed by atoms with Gasteiger partial charge in [0.1, 0.15) is 0 Å². The van der Waals surface area contributed by atoms with Crippen LogP contribution in [0.25, 0.3) is 0 Å². The largest absolute Gasteiger partial charge is 0.324 e. The average Bonchev–Trinajstić information content (AvgIpc) is 2.55. The molecule has 2 fully saturated rings. The van der Waals surface area contributed by atoms with Crippen molar-refractivity contribution in [3.63, 3.8) is 0 Å². The number of nitrogens with zero attached hydrogens (tertiary/aromatic N) is 1. The van der Waals surface area contributed by atoms with Crippen LogP contribution in [0.5, 0.6) is 0 Å². The normalized spacial score (nSPS) is 36.4. The van der Waals surface area contributed by atoms with Crippen LogP contribution in [-0.2, 0) is 0 Å². The Balaban J connectivity index is 1.87. The maximum absolute atomic E-state index is 6.49. The van der Waals surface area contributed by atoms with Crippen molar-refractivity contribution in [3.05, 3.63) is 0 Å². The SMILES string of the molecule is CN1CCCC(N)(CC2CCCC2)C1. The molecule has 1 heterocycles. The van der Waals surface area contributed by atoms with Crippen LogP contribution in [-0.4, -0.2) is 30.6 Å². The van der Waals surface area contributed by atoms with Gasteiger partial charge in [0.25, 0.3) is 0 Å². The van der Waals surface area contributed by atoms with Crippen molar-refractivity contribution < 1.29 is 0 Å². The topological polar surface area (TPSA) is 29.3 Å². The molecule has 2 N–H and O–H groups in total. The number of likely N-dealkylation sites (tertiary alicyclic amines) is 1. The van der Waals surface area contributed by atoms with Crippen molar-refractivity contribution >= 4 is 0 Å².